The summed E-state index contributed by atoms with van der Waals surface area (Å²) in [4.78, 5) is 51.1. The number of fused-ring (bicyclic) bond motifs is 3. The van der Waals surface area contributed by atoms with Crippen molar-refractivity contribution in [2.75, 3.05) is 26.8 Å². The second-order valence-corrected chi connectivity index (χ2v) is 7.96. The Balaban J connectivity index is 2.15. The molecule has 0 saturated heterocycles. The monoisotopic (exact) mass is 456 g/mol. The van der Waals surface area contributed by atoms with E-state index in [0.717, 1.165) is 4.68 Å². The third-order valence-electron chi connectivity index (χ3n) is 4.94. The Kier molecular flexibility index (Phi) is 7.44. The van der Waals surface area contributed by atoms with Gasteiger partial charge in [-0.2, -0.15) is 0 Å². The summed E-state index contributed by atoms with van der Waals surface area (Å²) >= 11 is 0. The fraction of sp³-hybridized carbons (Fsp3) is 0.409. The molecule has 0 atom stereocenters. The minimum atomic E-state index is -0.602. The van der Waals surface area contributed by atoms with Crippen molar-refractivity contribution in [3.8, 4) is 0 Å². The van der Waals surface area contributed by atoms with Crippen molar-refractivity contribution in [2.24, 2.45) is 5.92 Å². The van der Waals surface area contributed by atoms with E-state index in [0.29, 0.717) is 18.7 Å². The van der Waals surface area contributed by atoms with E-state index in [1.807, 2.05) is 13.8 Å². The van der Waals surface area contributed by atoms with E-state index in [9.17, 15) is 19.2 Å². The van der Waals surface area contributed by atoms with Gasteiger partial charge in [-0.25, -0.2) is 13.9 Å². The number of methoxy groups -OCH3 is 1. The lowest BCUT2D eigenvalue weighted by atomic mass is 10.1. The van der Waals surface area contributed by atoms with E-state index in [1.165, 1.54) is 34.3 Å². The lowest BCUT2D eigenvalue weighted by molar-refractivity contribution is -0.122. The summed E-state index contributed by atoms with van der Waals surface area (Å²) in [6.07, 6.45) is 1.52. The summed E-state index contributed by atoms with van der Waals surface area (Å²) in [6, 6.07) is 4.55. The van der Waals surface area contributed by atoms with E-state index in [-0.39, 0.29) is 53.7 Å². The standard InChI is InChI=1S/C22H28N6O5/c1-5-9-26-20(31)16-7-6-15(19(30)24-12-14(2)3)11-17(16)28-21(26)25-27(22(28)32)13-18(29)23-8-10-33-4/h5-7,11,14H,1,8-10,12-13H2,2-4H3,(H,23,29)(H,24,30). The number of allylic oxidation sites excluding steroid dienone is 1. The molecule has 0 bridgehead atoms. The van der Waals surface area contributed by atoms with Gasteiger partial charge in [-0.3, -0.25) is 19.0 Å². The smallest absolute Gasteiger partial charge is 0.352 e. The molecule has 2 N–H and O–H groups in total. The van der Waals surface area contributed by atoms with Crippen LogP contribution in [0, 0.1) is 5.92 Å². The predicted octanol–water partition coefficient (Wildman–Crippen LogP) is 0.145. The lowest BCUT2D eigenvalue weighted by Gasteiger charge is -2.10. The molecule has 176 valence electrons. The van der Waals surface area contributed by atoms with Crippen LogP contribution in [0.2, 0.25) is 0 Å². The number of rotatable bonds is 10. The maximum absolute atomic E-state index is 13.2. The zero-order chi connectivity index (χ0) is 24.1. The van der Waals surface area contributed by atoms with Crippen LogP contribution in [-0.4, -0.2) is 57.4 Å². The first kappa shape index (κ1) is 23.9. The molecule has 0 aliphatic carbocycles. The van der Waals surface area contributed by atoms with Gasteiger partial charge in [0.15, 0.2) is 0 Å². The number of hydrogen-bond acceptors (Lipinski definition) is 6. The van der Waals surface area contributed by atoms with Crippen LogP contribution in [0.3, 0.4) is 0 Å². The van der Waals surface area contributed by atoms with Gasteiger partial charge in [-0.1, -0.05) is 19.9 Å². The number of ether oxygens (including phenoxy) is 1. The average Bonchev–Trinajstić information content (AvgIpc) is 3.10. The number of amides is 2. The minimum absolute atomic E-state index is 0.0573. The highest BCUT2D eigenvalue weighted by atomic mass is 16.5. The number of hydrogen-bond donors (Lipinski definition) is 2. The molecule has 33 heavy (non-hydrogen) atoms. The number of carbonyl (C=O) groups excluding carboxylic acids is 2. The van der Waals surface area contributed by atoms with Crippen molar-refractivity contribution in [1.29, 1.82) is 0 Å². The SMILES string of the molecule is C=CCn1c(=O)c2ccc(C(=O)NCC(C)C)cc2n2c(=O)n(CC(=O)NCCOC)nc12. The number of benzene rings is 1. The minimum Gasteiger partial charge on any atom is -0.383 e. The van der Waals surface area contributed by atoms with Gasteiger partial charge >= 0.3 is 5.69 Å². The molecule has 0 spiro atoms. The van der Waals surface area contributed by atoms with Crippen LogP contribution in [0.1, 0.15) is 24.2 Å². The maximum atomic E-state index is 13.2. The first-order chi connectivity index (χ1) is 15.8. The zero-order valence-electron chi connectivity index (χ0n) is 19.0. The van der Waals surface area contributed by atoms with Crippen molar-refractivity contribution in [2.45, 2.75) is 26.9 Å². The fourth-order valence-corrected chi connectivity index (χ4v) is 3.34. The summed E-state index contributed by atoms with van der Waals surface area (Å²) < 4.78 is 8.42. The van der Waals surface area contributed by atoms with Gasteiger partial charge in [-0.05, 0) is 24.1 Å². The van der Waals surface area contributed by atoms with E-state index >= 15 is 0 Å². The quantitative estimate of drug-likeness (QED) is 0.330. The summed E-state index contributed by atoms with van der Waals surface area (Å²) in [5, 5.41) is 9.93. The normalized spacial score (nSPS) is 11.3. The van der Waals surface area contributed by atoms with Crippen molar-refractivity contribution in [1.82, 2.24) is 29.4 Å². The Morgan fingerprint density at radius 3 is 2.67 bits per heavy atom. The highest BCUT2D eigenvalue weighted by molar-refractivity contribution is 5.98. The van der Waals surface area contributed by atoms with Crippen molar-refractivity contribution < 1.29 is 14.3 Å². The first-order valence-corrected chi connectivity index (χ1v) is 10.6. The molecule has 1 aromatic carbocycles. The van der Waals surface area contributed by atoms with Gasteiger partial charge < -0.3 is 15.4 Å². The summed E-state index contributed by atoms with van der Waals surface area (Å²) in [5.74, 6) is -0.412. The molecule has 2 amide bonds. The number of aromatic nitrogens is 4. The Labute approximate surface area is 189 Å². The lowest BCUT2D eigenvalue weighted by Crippen LogP contribution is -2.34. The maximum Gasteiger partial charge on any atom is 0.352 e. The van der Waals surface area contributed by atoms with Crippen molar-refractivity contribution >= 4 is 28.5 Å². The van der Waals surface area contributed by atoms with Gasteiger partial charge in [-0.15, -0.1) is 11.7 Å². The molecule has 2 heterocycles. The molecule has 0 radical (unpaired) electrons. The summed E-state index contributed by atoms with van der Waals surface area (Å²) in [6.45, 7) is 8.51. The molecule has 0 fully saturated rings. The van der Waals surface area contributed by atoms with Crippen molar-refractivity contribution in [3.05, 3.63) is 57.3 Å². The molecular formula is C22H28N6O5. The first-order valence-electron chi connectivity index (χ1n) is 10.6. The second kappa shape index (κ2) is 10.3. The molecule has 0 aliphatic heterocycles. The number of nitrogens with zero attached hydrogens (tertiary/aromatic N) is 4. The van der Waals surface area contributed by atoms with E-state index in [2.05, 4.69) is 22.3 Å². The molecule has 2 aromatic heterocycles. The highest BCUT2D eigenvalue weighted by Gasteiger charge is 2.19. The van der Waals surface area contributed by atoms with E-state index in [1.54, 1.807) is 6.07 Å². The summed E-state index contributed by atoms with van der Waals surface area (Å²) in [7, 11) is 1.51. The van der Waals surface area contributed by atoms with Gasteiger partial charge in [0.1, 0.15) is 6.54 Å². The van der Waals surface area contributed by atoms with Gasteiger partial charge in [0.2, 0.25) is 11.7 Å². The fourth-order valence-electron chi connectivity index (χ4n) is 3.34. The molecule has 0 saturated carbocycles. The molecule has 11 heteroatoms. The number of nitrogens with one attached hydrogen (secondary N) is 2. The van der Waals surface area contributed by atoms with Crippen molar-refractivity contribution in [3.63, 3.8) is 0 Å². The van der Waals surface area contributed by atoms with E-state index < -0.39 is 11.6 Å². The molecular weight excluding hydrogens is 428 g/mol. The zero-order valence-corrected chi connectivity index (χ0v) is 19.0. The van der Waals surface area contributed by atoms with Gasteiger partial charge in [0.25, 0.3) is 11.5 Å². The highest BCUT2D eigenvalue weighted by Crippen LogP contribution is 2.14. The van der Waals surface area contributed by atoms with Crippen LogP contribution in [0.25, 0.3) is 16.7 Å². The average molecular weight is 457 g/mol. The molecule has 3 aromatic rings. The molecule has 3 rings (SSSR count). The molecule has 11 nitrogen and oxygen atoms in total. The Morgan fingerprint density at radius 2 is 2.00 bits per heavy atom. The Hall–Kier alpha value is -3.73. The van der Waals surface area contributed by atoms with Crippen LogP contribution in [-0.2, 0) is 22.6 Å². The third-order valence-corrected chi connectivity index (χ3v) is 4.94. The van der Waals surface area contributed by atoms with Crippen LogP contribution in [0.5, 0.6) is 0 Å². The van der Waals surface area contributed by atoms with Gasteiger partial charge in [0, 0.05) is 32.3 Å². The van der Waals surface area contributed by atoms with Crippen LogP contribution < -0.4 is 21.9 Å². The largest absolute Gasteiger partial charge is 0.383 e. The van der Waals surface area contributed by atoms with Gasteiger partial charge in [0.05, 0.1) is 17.5 Å². The summed E-state index contributed by atoms with van der Waals surface area (Å²) in [5.41, 5.74) is -0.437. The molecule has 0 unspecified atom stereocenters. The van der Waals surface area contributed by atoms with Crippen LogP contribution in [0.15, 0.2) is 40.4 Å². The Bertz CT molecular complexity index is 1320. The van der Waals surface area contributed by atoms with E-state index in [4.69, 9.17) is 4.74 Å². The number of carbonyl (C=O) groups is 2. The predicted molar refractivity (Wildman–Crippen MR) is 123 cm³/mol. The third kappa shape index (κ3) is 5.03. The van der Waals surface area contributed by atoms with Crippen LogP contribution in [0.4, 0.5) is 0 Å². The molecule has 0 aliphatic rings. The Morgan fingerprint density at radius 1 is 1.24 bits per heavy atom. The second-order valence-electron chi connectivity index (χ2n) is 7.96. The topological polar surface area (TPSA) is 129 Å². The van der Waals surface area contributed by atoms with Crippen LogP contribution >= 0.6 is 0 Å².